The highest BCUT2D eigenvalue weighted by Gasteiger charge is 2.30. The molecule has 0 spiro atoms. The van der Waals surface area contributed by atoms with Gasteiger partial charge in [-0.25, -0.2) is 13.8 Å². The molecule has 3 heterocycles. The molecule has 1 aromatic carbocycles. The standard InChI is InChI=1S/C21H23F2N5O3/c1-13(31-16-7-3-6-15(9-16)30-2)20(29)27-8-4-5-14(11-27)17-10-18(19(22)23)28-21(26-17)24-12-25-28/h3,6-7,9-10,12-14,19H,4-5,8,11H2,1-2H3/t13-,14-/m0/s1. The molecule has 0 N–H and O–H groups in total. The Morgan fingerprint density at radius 3 is 2.84 bits per heavy atom. The molecule has 31 heavy (non-hydrogen) atoms. The molecule has 1 aliphatic heterocycles. The summed E-state index contributed by atoms with van der Waals surface area (Å²) in [6.07, 6.45) is -0.717. The van der Waals surface area contributed by atoms with Crippen molar-refractivity contribution in [1.82, 2.24) is 24.5 Å². The maximum absolute atomic E-state index is 13.5. The van der Waals surface area contributed by atoms with E-state index in [-0.39, 0.29) is 23.3 Å². The van der Waals surface area contributed by atoms with Crippen LogP contribution in [0.25, 0.3) is 5.78 Å². The number of amides is 1. The Bertz CT molecular complexity index is 1070. The number of benzene rings is 1. The summed E-state index contributed by atoms with van der Waals surface area (Å²) in [4.78, 5) is 23.0. The minimum absolute atomic E-state index is 0.131. The van der Waals surface area contributed by atoms with Crippen LogP contribution in [0.2, 0.25) is 0 Å². The van der Waals surface area contributed by atoms with Crippen LogP contribution in [0.3, 0.4) is 0 Å². The van der Waals surface area contributed by atoms with Crippen LogP contribution in [0.1, 0.15) is 43.5 Å². The number of alkyl halides is 2. The average molecular weight is 431 g/mol. The Morgan fingerprint density at radius 2 is 2.06 bits per heavy atom. The number of hydrogen-bond donors (Lipinski definition) is 0. The molecule has 10 heteroatoms. The van der Waals surface area contributed by atoms with E-state index in [1.165, 1.54) is 12.4 Å². The van der Waals surface area contributed by atoms with Crippen molar-refractivity contribution >= 4 is 11.7 Å². The van der Waals surface area contributed by atoms with Gasteiger partial charge >= 0.3 is 0 Å². The van der Waals surface area contributed by atoms with Crippen molar-refractivity contribution in [2.24, 2.45) is 0 Å². The van der Waals surface area contributed by atoms with Gasteiger partial charge in [-0.15, -0.1) is 0 Å². The van der Waals surface area contributed by atoms with E-state index in [1.807, 2.05) is 0 Å². The highest BCUT2D eigenvalue weighted by Crippen LogP contribution is 2.29. The summed E-state index contributed by atoms with van der Waals surface area (Å²) in [5.74, 6) is 0.978. The van der Waals surface area contributed by atoms with E-state index in [4.69, 9.17) is 9.47 Å². The lowest BCUT2D eigenvalue weighted by Gasteiger charge is -2.34. The van der Waals surface area contributed by atoms with Gasteiger partial charge in [-0.05, 0) is 38.0 Å². The van der Waals surface area contributed by atoms with Gasteiger partial charge in [0.05, 0.1) is 12.8 Å². The number of carbonyl (C=O) groups excluding carboxylic acids is 1. The average Bonchev–Trinajstić information content (AvgIpc) is 3.26. The molecule has 164 valence electrons. The minimum Gasteiger partial charge on any atom is -0.497 e. The molecule has 0 bridgehead atoms. The van der Waals surface area contributed by atoms with Gasteiger partial charge in [-0.3, -0.25) is 4.79 Å². The largest absolute Gasteiger partial charge is 0.497 e. The van der Waals surface area contributed by atoms with Crippen molar-refractivity contribution in [2.45, 2.75) is 38.2 Å². The normalized spacial score (nSPS) is 17.7. The second-order valence-electron chi connectivity index (χ2n) is 7.44. The molecule has 1 saturated heterocycles. The zero-order valence-corrected chi connectivity index (χ0v) is 17.2. The Morgan fingerprint density at radius 1 is 1.26 bits per heavy atom. The molecule has 1 fully saturated rings. The predicted molar refractivity (Wildman–Crippen MR) is 107 cm³/mol. The third-order valence-electron chi connectivity index (χ3n) is 5.38. The number of hydrogen-bond acceptors (Lipinski definition) is 6. The monoisotopic (exact) mass is 431 g/mol. The summed E-state index contributed by atoms with van der Waals surface area (Å²) in [5, 5.41) is 3.82. The molecule has 4 rings (SSSR count). The van der Waals surface area contributed by atoms with E-state index in [1.54, 1.807) is 43.2 Å². The lowest BCUT2D eigenvalue weighted by Crippen LogP contribution is -2.45. The smallest absolute Gasteiger partial charge is 0.280 e. The molecule has 0 saturated carbocycles. The number of ether oxygens (including phenoxy) is 2. The Kier molecular flexibility index (Phi) is 5.97. The van der Waals surface area contributed by atoms with Crippen LogP contribution in [0, 0.1) is 0 Å². The number of rotatable bonds is 6. The van der Waals surface area contributed by atoms with E-state index in [2.05, 4.69) is 15.1 Å². The maximum atomic E-state index is 13.5. The van der Waals surface area contributed by atoms with Gasteiger partial charge in [0.1, 0.15) is 23.5 Å². The third kappa shape index (κ3) is 4.42. The van der Waals surface area contributed by atoms with E-state index in [9.17, 15) is 13.6 Å². The third-order valence-corrected chi connectivity index (χ3v) is 5.38. The summed E-state index contributed by atoms with van der Waals surface area (Å²) in [6, 6.07) is 8.42. The van der Waals surface area contributed by atoms with Crippen LogP contribution in [-0.4, -0.2) is 56.7 Å². The van der Waals surface area contributed by atoms with Crippen LogP contribution in [0.15, 0.2) is 36.7 Å². The van der Waals surface area contributed by atoms with Crippen molar-refractivity contribution in [3.8, 4) is 11.5 Å². The number of fused-ring (bicyclic) bond motifs is 1. The first-order valence-electron chi connectivity index (χ1n) is 10.0. The maximum Gasteiger partial charge on any atom is 0.280 e. The molecule has 3 aromatic rings. The van der Waals surface area contributed by atoms with Crippen LogP contribution < -0.4 is 9.47 Å². The highest BCUT2D eigenvalue weighted by atomic mass is 19.3. The van der Waals surface area contributed by atoms with Crippen LogP contribution in [0.4, 0.5) is 8.78 Å². The zero-order chi connectivity index (χ0) is 22.0. The highest BCUT2D eigenvalue weighted by molar-refractivity contribution is 5.81. The van der Waals surface area contributed by atoms with Crippen molar-refractivity contribution < 1.29 is 23.0 Å². The number of carbonyl (C=O) groups is 1. The van der Waals surface area contributed by atoms with Crippen molar-refractivity contribution in [3.63, 3.8) is 0 Å². The summed E-state index contributed by atoms with van der Waals surface area (Å²) >= 11 is 0. The number of likely N-dealkylation sites (tertiary alicyclic amines) is 1. The molecule has 0 radical (unpaired) electrons. The van der Waals surface area contributed by atoms with Gasteiger partial charge in [0.25, 0.3) is 18.1 Å². The second kappa shape index (κ2) is 8.83. The topological polar surface area (TPSA) is 81.9 Å². The second-order valence-corrected chi connectivity index (χ2v) is 7.44. The van der Waals surface area contributed by atoms with Gasteiger partial charge in [0, 0.05) is 25.1 Å². The van der Waals surface area contributed by atoms with E-state index in [0.29, 0.717) is 30.3 Å². The minimum atomic E-state index is -2.71. The predicted octanol–water partition coefficient (Wildman–Crippen LogP) is 3.24. The SMILES string of the molecule is COc1cccc(O[C@@H](C)C(=O)N2CCC[C@H](c3cc(C(F)F)n4ncnc4n3)C2)c1. The Labute approximate surface area is 177 Å². The van der Waals surface area contributed by atoms with E-state index in [0.717, 1.165) is 17.4 Å². The van der Waals surface area contributed by atoms with Crippen molar-refractivity contribution in [3.05, 3.63) is 48.0 Å². The quantitative estimate of drug-likeness (QED) is 0.596. The van der Waals surface area contributed by atoms with Crippen LogP contribution in [-0.2, 0) is 4.79 Å². The molecule has 8 nitrogen and oxygen atoms in total. The number of methoxy groups -OCH3 is 1. The number of nitrogens with zero attached hydrogens (tertiary/aromatic N) is 5. The van der Waals surface area contributed by atoms with Gasteiger partial charge in [0.15, 0.2) is 6.10 Å². The molecule has 0 unspecified atom stereocenters. The molecule has 0 aliphatic carbocycles. The first kappa shape index (κ1) is 21.0. The number of piperidine rings is 1. The first-order chi connectivity index (χ1) is 15.0. The van der Waals surface area contributed by atoms with Crippen LogP contribution >= 0.6 is 0 Å². The fourth-order valence-corrected chi connectivity index (χ4v) is 3.82. The van der Waals surface area contributed by atoms with E-state index < -0.39 is 12.5 Å². The molecule has 1 aliphatic rings. The first-order valence-corrected chi connectivity index (χ1v) is 10.0. The van der Waals surface area contributed by atoms with Gasteiger partial charge < -0.3 is 14.4 Å². The van der Waals surface area contributed by atoms with E-state index >= 15 is 0 Å². The summed E-state index contributed by atoms with van der Waals surface area (Å²) < 4.78 is 39.0. The van der Waals surface area contributed by atoms with Gasteiger partial charge in [0.2, 0.25) is 0 Å². The zero-order valence-electron chi connectivity index (χ0n) is 17.2. The summed E-state index contributed by atoms with van der Waals surface area (Å²) in [6.45, 7) is 2.65. The lowest BCUT2D eigenvalue weighted by atomic mass is 9.93. The summed E-state index contributed by atoms with van der Waals surface area (Å²) in [7, 11) is 1.56. The van der Waals surface area contributed by atoms with Crippen molar-refractivity contribution in [2.75, 3.05) is 20.2 Å². The lowest BCUT2D eigenvalue weighted by molar-refractivity contribution is -0.139. The van der Waals surface area contributed by atoms with Crippen molar-refractivity contribution in [1.29, 1.82) is 0 Å². The van der Waals surface area contributed by atoms with Gasteiger partial charge in [-0.2, -0.15) is 14.6 Å². The Balaban J connectivity index is 1.49. The van der Waals surface area contributed by atoms with Gasteiger partial charge in [-0.1, -0.05) is 6.07 Å². The Hall–Kier alpha value is -3.30. The fraction of sp³-hybridized carbons (Fsp3) is 0.429. The molecule has 2 atom stereocenters. The fourth-order valence-electron chi connectivity index (χ4n) is 3.82. The summed E-state index contributed by atoms with van der Waals surface area (Å²) in [5.41, 5.74) is 0.241. The molecular weight excluding hydrogens is 408 g/mol. The molecule has 2 aromatic heterocycles. The number of halogens is 2. The molecular formula is C21H23F2N5O3. The van der Waals surface area contributed by atoms with Crippen LogP contribution in [0.5, 0.6) is 11.5 Å². The molecule has 1 amide bonds. The number of aromatic nitrogens is 4.